The Morgan fingerprint density at radius 2 is 1.95 bits per heavy atom. The summed E-state index contributed by atoms with van der Waals surface area (Å²) in [6, 6.07) is 6.26. The lowest BCUT2D eigenvalue weighted by atomic mass is 9.77. The van der Waals surface area contributed by atoms with Gasteiger partial charge in [-0.05, 0) is 48.3 Å². The van der Waals surface area contributed by atoms with Crippen LogP contribution in [0.1, 0.15) is 41.9 Å². The lowest BCUT2D eigenvalue weighted by Gasteiger charge is -2.31. The molecule has 1 aromatic rings. The number of hydrogen-bond donors (Lipinski definition) is 2. The van der Waals surface area contributed by atoms with Gasteiger partial charge in [0.1, 0.15) is 5.54 Å². The molecular formula is C16H21Cl2NO2. The summed E-state index contributed by atoms with van der Waals surface area (Å²) in [7, 11) is 0. The first-order chi connectivity index (χ1) is 10.00. The Hall–Kier alpha value is -0.770. The van der Waals surface area contributed by atoms with Gasteiger partial charge >= 0.3 is 5.97 Å². The zero-order valence-corrected chi connectivity index (χ0v) is 13.5. The van der Waals surface area contributed by atoms with Gasteiger partial charge in [0.05, 0.1) is 0 Å². The highest BCUT2D eigenvalue weighted by Crippen LogP contribution is 2.32. The van der Waals surface area contributed by atoms with Gasteiger partial charge in [-0.3, -0.25) is 4.79 Å². The number of aliphatic carboxylic acids is 1. The fourth-order valence-electron chi connectivity index (χ4n) is 3.01. The number of rotatable bonds is 6. The van der Waals surface area contributed by atoms with E-state index in [0.717, 1.165) is 18.4 Å². The van der Waals surface area contributed by atoms with Crippen molar-refractivity contribution in [1.29, 1.82) is 0 Å². The first-order valence-corrected chi connectivity index (χ1v) is 8.33. The molecule has 0 saturated carbocycles. The molecule has 1 aromatic carbocycles. The van der Waals surface area contributed by atoms with Gasteiger partial charge in [-0.1, -0.05) is 18.2 Å². The maximum absolute atomic E-state index is 11.3. The quantitative estimate of drug-likeness (QED) is 0.787. The van der Waals surface area contributed by atoms with E-state index in [4.69, 9.17) is 28.9 Å². The average molecular weight is 330 g/mol. The van der Waals surface area contributed by atoms with Crippen LogP contribution in [0.15, 0.2) is 18.2 Å². The number of carboxylic acids is 1. The van der Waals surface area contributed by atoms with Gasteiger partial charge in [0.15, 0.2) is 0 Å². The van der Waals surface area contributed by atoms with Gasteiger partial charge in [0.2, 0.25) is 0 Å². The van der Waals surface area contributed by atoms with Crippen molar-refractivity contribution in [2.24, 2.45) is 5.73 Å². The van der Waals surface area contributed by atoms with Crippen LogP contribution < -0.4 is 5.73 Å². The van der Waals surface area contributed by atoms with Gasteiger partial charge in [-0.15, -0.1) is 23.2 Å². The Morgan fingerprint density at radius 3 is 2.52 bits per heavy atom. The standard InChI is InChI=1S/C16H21Cl2NO2/c17-7-4-11(5-8-18)12-1-2-14-10-16(19,15(20)21)6-3-13(14)9-12/h1-2,9,11H,3-8,10,19H2,(H,20,21). The van der Waals surface area contributed by atoms with E-state index in [1.54, 1.807) is 0 Å². The van der Waals surface area contributed by atoms with Crippen LogP contribution in [0.2, 0.25) is 0 Å². The summed E-state index contributed by atoms with van der Waals surface area (Å²) in [5.74, 6) is 0.682. The van der Waals surface area contributed by atoms with Crippen molar-refractivity contribution in [3.63, 3.8) is 0 Å². The van der Waals surface area contributed by atoms with Crippen LogP contribution in [0, 0.1) is 0 Å². The Morgan fingerprint density at radius 1 is 1.29 bits per heavy atom. The SMILES string of the molecule is NC1(C(=O)O)CCc2cc(C(CCCl)CCCl)ccc2C1. The molecule has 0 aromatic heterocycles. The summed E-state index contributed by atoms with van der Waals surface area (Å²) in [5.41, 5.74) is 8.35. The zero-order valence-electron chi connectivity index (χ0n) is 11.9. The Balaban J connectivity index is 2.23. The molecule has 0 amide bonds. The van der Waals surface area contributed by atoms with E-state index in [9.17, 15) is 9.90 Å². The molecule has 3 nitrogen and oxygen atoms in total. The molecule has 2 rings (SSSR count). The molecule has 1 unspecified atom stereocenters. The van der Waals surface area contributed by atoms with Crippen molar-refractivity contribution >= 4 is 29.2 Å². The summed E-state index contributed by atoms with van der Waals surface area (Å²) in [6.07, 6.45) is 3.40. The lowest BCUT2D eigenvalue weighted by Crippen LogP contribution is -2.52. The van der Waals surface area contributed by atoms with Gasteiger partial charge in [-0.25, -0.2) is 0 Å². The van der Waals surface area contributed by atoms with E-state index in [1.807, 2.05) is 6.07 Å². The minimum atomic E-state index is -1.12. The fraction of sp³-hybridized carbons (Fsp3) is 0.562. The molecule has 21 heavy (non-hydrogen) atoms. The number of benzene rings is 1. The highest BCUT2D eigenvalue weighted by molar-refractivity contribution is 6.18. The number of alkyl halides is 2. The molecule has 5 heteroatoms. The number of carboxylic acid groups (broad SMARTS) is 1. The molecule has 0 radical (unpaired) electrons. The second kappa shape index (κ2) is 6.99. The number of aryl methyl sites for hydroxylation is 1. The van der Waals surface area contributed by atoms with E-state index in [1.165, 1.54) is 11.1 Å². The van der Waals surface area contributed by atoms with E-state index < -0.39 is 11.5 Å². The third-order valence-corrected chi connectivity index (χ3v) is 4.83. The van der Waals surface area contributed by atoms with Crippen molar-refractivity contribution < 1.29 is 9.90 Å². The summed E-state index contributed by atoms with van der Waals surface area (Å²) >= 11 is 11.7. The predicted octanol–water partition coefficient (Wildman–Crippen LogP) is 3.30. The topological polar surface area (TPSA) is 63.3 Å². The minimum absolute atomic E-state index is 0.370. The summed E-state index contributed by atoms with van der Waals surface area (Å²) in [6.45, 7) is 0. The Kier molecular flexibility index (Phi) is 5.53. The number of fused-ring (bicyclic) bond motifs is 1. The van der Waals surface area contributed by atoms with Crippen LogP contribution in [-0.4, -0.2) is 28.4 Å². The van der Waals surface area contributed by atoms with Gasteiger partial charge < -0.3 is 10.8 Å². The van der Waals surface area contributed by atoms with Crippen molar-refractivity contribution in [2.45, 2.75) is 43.6 Å². The molecule has 0 heterocycles. The number of hydrogen-bond acceptors (Lipinski definition) is 2. The second-order valence-corrected chi connectivity index (χ2v) is 6.57. The third-order valence-electron chi connectivity index (χ3n) is 4.39. The molecule has 1 aliphatic carbocycles. The van der Waals surface area contributed by atoms with E-state index in [2.05, 4.69) is 12.1 Å². The third kappa shape index (κ3) is 3.71. The number of nitrogens with two attached hydrogens (primary N) is 1. The monoisotopic (exact) mass is 329 g/mol. The maximum Gasteiger partial charge on any atom is 0.324 e. The normalized spacial score (nSPS) is 21.3. The van der Waals surface area contributed by atoms with Crippen LogP contribution in [0.3, 0.4) is 0 Å². The fourth-order valence-corrected chi connectivity index (χ4v) is 3.54. The summed E-state index contributed by atoms with van der Waals surface area (Å²) in [4.78, 5) is 11.3. The molecule has 0 saturated heterocycles. The molecule has 0 fully saturated rings. The van der Waals surface area contributed by atoms with Gasteiger partial charge in [0, 0.05) is 18.2 Å². The average Bonchev–Trinajstić information content (AvgIpc) is 2.46. The highest BCUT2D eigenvalue weighted by Gasteiger charge is 2.37. The molecule has 1 atom stereocenters. The van der Waals surface area contributed by atoms with Crippen molar-refractivity contribution in [1.82, 2.24) is 0 Å². The molecule has 0 bridgehead atoms. The van der Waals surface area contributed by atoms with Crippen LogP contribution >= 0.6 is 23.2 Å². The van der Waals surface area contributed by atoms with E-state index >= 15 is 0 Å². The molecule has 0 spiro atoms. The summed E-state index contributed by atoms with van der Waals surface area (Å²) in [5, 5.41) is 9.25. The molecule has 1 aliphatic rings. The second-order valence-electron chi connectivity index (χ2n) is 5.82. The van der Waals surface area contributed by atoms with Crippen LogP contribution in [0.5, 0.6) is 0 Å². The van der Waals surface area contributed by atoms with Gasteiger partial charge in [-0.2, -0.15) is 0 Å². The van der Waals surface area contributed by atoms with E-state index in [-0.39, 0.29) is 0 Å². The molecule has 0 aliphatic heterocycles. The van der Waals surface area contributed by atoms with Gasteiger partial charge in [0.25, 0.3) is 0 Å². The predicted molar refractivity (Wildman–Crippen MR) is 86.4 cm³/mol. The van der Waals surface area contributed by atoms with Crippen molar-refractivity contribution in [3.05, 3.63) is 34.9 Å². The van der Waals surface area contributed by atoms with Crippen molar-refractivity contribution in [3.8, 4) is 0 Å². The smallest absolute Gasteiger partial charge is 0.324 e. The lowest BCUT2D eigenvalue weighted by molar-refractivity contribution is -0.143. The van der Waals surface area contributed by atoms with Crippen LogP contribution in [0.25, 0.3) is 0 Å². The molecule has 116 valence electrons. The molecule has 3 N–H and O–H groups in total. The highest BCUT2D eigenvalue weighted by atomic mass is 35.5. The zero-order chi connectivity index (χ0) is 15.5. The first-order valence-electron chi connectivity index (χ1n) is 7.26. The van der Waals surface area contributed by atoms with Crippen LogP contribution in [0.4, 0.5) is 0 Å². The first kappa shape index (κ1) is 16.6. The number of carbonyl (C=O) groups is 1. The maximum atomic E-state index is 11.3. The van der Waals surface area contributed by atoms with E-state index in [0.29, 0.717) is 36.9 Å². The van der Waals surface area contributed by atoms with Crippen LogP contribution in [-0.2, 0) is 17.6 Å². The Bertz CT molecular complexity index is 515. The largest absolute Gasteiger partial charge is 0.480 e. The summed E-state index contributed by atoms with van der Waals surface area (Å²) < 4.78 is 0. The molecular weight excluding hydrogens is 309 g/mol. The Labute approximate surface area is 135 Å². The van der Waals surface area contributed by atoms with Crippen molar-refractivity contribution in [2.75, 3.05) is 11.8 Å². The minimum Gasteiger partial charge on any atom is -0.480 e. The number of halogens is 2.